The molecule has 0 unspecified atom stereocenters. The fraction of sp³-hybridized carbons (Fsp3) is 0.250. The highest BCUT2D eigenvalue weighted by Gasteiger charge is 2.29. The molecule has 1 heterocycles. The number of carbonyl (C=O) groups excluding carboxylic acids is 1. The third-order valence-electron chi connectivity index (χ3n) is 4.89. The van der Waals surface area contributed by atoms with E-state index in [0.29, 0.717) is 18.1 Å². The molecule has 1 N–H and O–H groups in total. The molecule has 2 aromatic carbocycles. The second-order valence-corrected chi connectivity index (χ2v) is 7.49. The summed E-state index contributed by atoms with van der Waals surface area (Å²) < 4.78 is 0. The third kappa shape index (κ3) is 3.26. The fourth-order valence-electron chi connectivity index (χ4n) is 3.76. The summed E-state index contributed by atoms with van der Waals surface area (Å²) in [4.78, 5) is 14.6. The van der Waals surface area contributed by atoms with Gasteiger partial charge in [-0.05, 0) is 71.0 Å². The minimum Gasteiger partial charge on any atom is -0.508 e. The van der Waals surface area contributed by atoms with Crippen LogP contribution in [-0.2, 0) is 17.6 Å². The Bertz CT molecular complexity index is 884. The van der Waals surface area contributed by atoms with Gasteiger partial charge in [0, 0.05) is 23.1 Å². The summed E-state index contributed by atoms with van der Waals surface area (Å²) in [5, 5.41) is 10.8. The molecule has 2 aliphatic rings. The quantitative estimate of drug-likeness (QED) is 0.842. The molecule has 0 atom stereocenters. The van der Waals surface area contributed by atoms with Crippen LogP contribution in [0.25, 0.3) is 5.57 Å². The molecule has 1 amide bonds. The van der Waals surface area contributed by atoms with E-state index in [0.717, 1.165) is 23.4 Å². The van der Waals surface area contributed by atoms with E-state index in [9.17, 15) is 9.90 Å². The fourth-order valence-corrected chi connectivity index (χ4v) is 4.19. The first-order valence-electron chi connectivity index (χ1n) is 8.25. The van der Waals surface area contributed by atoms with Gasteiger partial charge in [0.25, 0.3) is 0 Å². The Labute approximate surface area is 156 Å². The first-order valence-corrected chi connectivity index (χ1v) is 9.01. The summed E-state index contributed by atoms with van der Waals surface area (Å²) in [5.74, 6) is 0.143. The van der Waals surface area contributed by atoms with Crippen molar-refractivity contribution in [2.75, 3.05) is 13.1 Å². The Hall–Kier alpha value is -1.97. The lowest BCUT2D eigenvalue weighted by Crippen LogP contribution is -2.37. The minimum atomic E-state index is 0.0576. The number of carbonyl (C=O) groups is 1. The lowest BCUT2D eigenvalue weighted by molar-refractivity contribution is -0.130. The summed E-state index contributed by atoms with van der Waals surface area (Å²) in [5.41, 5.74) is 5.93. The number of benzene rings is 2. The molecule has 0 saturated heterocycles. The number of halogens is 2. The lowest BCUT2D eigenvalue weighted by atomic mass is 9.98. The zero-order valence-electron chi connectivity index (χ0n) is 13.6. The van der Waals surface area contributed by atoms with E-state index in [1.54, 1.807) is 12.1 Å². The van der Waals surface area contributed by atoms with Crippen LogP contribution in [0.3, 0.4) is 0 Å². The monoisotopic (exact) mass is 373 g/mol. The molecular weight excluding hydrogens is 357 g/mol. The van der Waals surface area contributed by atoms with Gasteiger partial charge in [-0.2, -0.15) is 0 Å². The molecule has 1 aliphatic heterocycles. The summed E-state index contributed by atoms with van der Waals surface area (Å²) in [7, 11) is 0. The maximum Gasteiger partial charge on any atom is 0.227 e. The van der Waals surface area contributed by atoms with Crippen molar-refractivity contribution in [3.63, 3.8) is 0 Å². The first kappa shape index (κ1) is 16.5. The Morgan fingerprint density at radius 1 is 1.12 bits per heavy atom. The van der Waals surface area contributed by atoms with Gasteiger partial charge < -0.3 is 10.0 Å². The number of phenols is 1. The van der Waals surface area contributed by atoms with E-state index < -0.39 is 0 Å². The predicted molar refractivity (Wildman–Crippen MR) is 100 cm³/mol. The van der Waals surface area contributed by atoms with Crippen LogP contribution in [-0.4, -0.2) is 29.0 Å². The molecule has 128 valence electrons. The highest BCUT2D eigenvalue weighted by Crippen LogP contribution is 2.39. The second-order valence-electron chi connectivity index (χ2n) is 6.62. The van der Waals surface area contributed by atoms with Gasteiger partial charge in [0.05, 0.1) is 6.42 Å². The van der Waals surface area contributed by atoms with Crippen molar-refractivity contribution in [2.45, 2.75) is 19.3 Å². The van der Waals surface area contributed by atoms with Crippen LogP contribution in [0.5, 0.6) is 5.75 Å². The van der Waals surface area contributed by atoms with Gasteiger partial charge in [0.2, 0.25) is 5.91 Å². The topological polar surface area (TPSA) is 40.5 Å². The van der Waals surface area contributed by atoms with Crippen LogP contribution in [0, 0.1) is 0 Å². The van der Waals surface area contributed by atoms with Crippen LogP contribution in [0.2, 0.25) is 10.0 Å². The molecule has 0 fully saturated rings. The molecule has 25 heavy (non-hydrogen) atoms. The zero-order valence-corrected chi connectivity index (χ0v) is 15.1. The number of aromatic hydroxyl groups is 1. The Kier molecular flexibility index (Phi) is 4.22. The van der Waals surface area contributed by atoms with Crippen molar-refractivity contribution in [3.8, 4) is 5.75 Å². The van der Waals surface area contributed by atoms with Crippen molar-refractivity contribution >= 4 is 34.7 Å². The van der Waals surface area contributed by atoms with Gasteiger partial charge in [-0.3, -0.25) is 4.79 Å². The summed E-state index contributed by atoms with van der Waals surface area (Å²) in [6, 6.07) is 10.8. The van der Waals surface area contributed by atoms with E-state index >= 15 is 0 Å². The summed E-state index contributed by atoms with van der Waals surface area (Å²) in [6.07, 6.45) is 1.99. The second kappa shape index (κ2) is 6.40. The first-order chi connectivity index (χ1) is 12.0. The number of nitrogens with zero attached hydrogens (tertiary/aromatic N) is 1. The average molecular weight is 374 g/mol. The smallest absolute Gasteiger partial charge is 0.227 e. The molecule has 0 saturated carbocycles. The highest BCUT2D eigenvalue weighted by atomic mass is 35.5. The maximum absolute atomic E-state index is 12.7. The lowest BCUT2D eigenvalue weighted by Gasteiger charge is -2.29. The molecule has 4 rings (SSSR count). The SMILES string of the molecule is O=C(Cc1cc(O)cc(Cl)c1)N1CCC2=C(Cc3ccc(Cl)cc32)C1. The molecule has 0 spiro atoms. The number of phenolic OH excluding ortho intramolecular Hbond substituents is 1. The Balaban J connectivity index is 1.50. The molecule has 2 aromatic rings. The van der Waals surface area contributed by atoms with Gasteiger partial charge in [-0.1, -0.05) is 29.3 Å². The summed E-state index contributed by atoms with van der Waals surface area (Å²) in [6.45, 7) is 1.36. The average Bonchev–Trinajstić information content (AvgIpc) is 2.90. The van der Waals surface area contributed by atoms with Crippen LogP contribution in [0.1, 0.15) is 23.1 Å². The Morgan fingerprint density at radius 2 is 1.96 bits per heavy atom. The number of fused-ring (bicyclic) bond motifs is 2. The van der Waals surface area contributed by atoms with E-state index in [1.807, 2.05) is 17.0 Å². The van der Waals surface area contributed by atoms with Crippen LogP contribution < -0.4 is 0 Å². The highest BCUT2D eigenvalue weighted by molar-refractivity contribution is 6.31. The van der Waals surface area contributed by atoms with Gasteiger partial charge in [-0.25, -0.2) is 0 Å². The van der Waals surface area contributed by atoms with Crippen molar-refractivity contribution in [1.29, 1.82) is 0 Å². The predicted octanol–water partition coefficient (Wildman–Crippen LogP) is 4.48. The van der Waals surface area contributed by atoms with Crippen molar-refractivity contribution in [1.82, 2.24) is 4.90 Å². The molecule has 1 aliphatic carbocycles. The van der Waals surface area contributed by atoms with E-state index in [4.69, 9.17) is 23.2 Å². The van der Waals surface area contributed by atoms with Gasteiger partial charge in [-0.15, -0.1) is 0 Å². The van der Waals surface area contributed by atoms with Crippen molar-refractivity contribution in [3.05, 3.63) is 68.7 Å². The third-order valence-corrected chi connectivity index (χ3v) is 5.34. The summed E-state index contributed by atoms with van der Waals surface area (Å²) >= 11 is 12.1. The molecule has 0 bridgehead atoms. The molecule has 3 nitrogen and oxygen atoms in total. The maximum atomic E-state index is 12.7. The van der Waals surface area contributed by atoms with E-state index in [-0.39, 0.29) is 18.1 Å². The number of hydrogen-bond donors (Lipinski definition) is 1. The molecule has 0 aromatic heterocycles. The molecule has 5 heteroatoms. The van der Waals surface area contributed by atoms with E-state index in [1.165, 1.54) is 28.3 Å². The number of hydrogen-bond acceptors (Lipinski definition) is 2. The van der Waals surface area contributed by atoms with Gasteiger partial charge >= 0.3 is 0 Å². The van der Waals surface area contributed by atoms with E-state index in [2.05, 4.69) is 6.07 Å². The minimum absolute atomic E-state index is 0.0576. The Morgan fingerprint density at radius 3 is 2.76 bits per heavy atom. The normalized spacial score (nSPS) is 16.0. The van der Waals surface area contributed by atoms with Crippen LogP contribution in [0.4, 0.5) is 0 Å². The number of amides is 1. The van der Waals surface area contributed by atoms with Crippen molar-refractivity contribution < 1.29 is 9.90 Å². The van der Waals surface area contributed by atoms with Crippen molar-refractivity contribution in [2.24, 2.45) is 0 Å². The zero-order chi connectivity index (χ0) is 17.6. The van der Waals surface area contributed by atoms with Gasteiger partial charge in [0.1, 0.15) is 5.75 Å². The molecule has 0 radical (unpaired) electrons. The number of rotatable bonds is 2. The standard InChI is InChI=1S/C20H17Cl2NO2/c21-15-2-1-13-8-14-11-23(4-3-18(14)19(13)10-15)20(25)7-12-5-16(22)9-17(24)6-12/h1-2,5-6,9-10,24H,3-4,7-8,11H2. The van der Waals surface area contributed by atoms with Crippen LogP contribution >= 0.6 is 23.2 Å². The van der Waals surface area contributed by atoms with Crippen LogP contribution in [0.15, 0.2) is 42.0 Å². The van der Waals surface area contributed by atoms with Gasteiger partial charge in [0.15, 0.2) is 0 Å². The largest absolute Gasteiger partial charge is 0.508 e. The molecular formula is C20H17Cl2NO2.